The fourth-order valence-electron chi connectivity index (χ4n) is 2.86. The molecule has 1 aromatic carbocycles. The van der Waals surface area contributed by atoms with Crippen LogP contribution < -0.4 is 10.6 Å². The maximum absolute atomic E-state index is 6.01. The molecule has 0 saturated carbocycles. The lowest BCUT2D eigenvalue weighted by molar-refractivity contribution is 0.364. The van der Waals surface area contributed by atoms with Crippen molar-refractivity contribution in [2.45, 2.75) is 19.3 Å². The molecule has 1 saturated heterocycles. The molecule has 1 aromatic heterocycles. The van der Waals surface area contributed by atoms with Crippen LogP contribution in [0.5, 0.6) is 0 Å². The summed E-state index contributed by atoms with van der Waals surface area (Å²) in [6.45, 7) is 3.35. The first-order chi connectivity index (χ1) is 9.83. The predicted octanol–water partition coefficient (Wildman–Crippen LogP) is 3.69. The van der Waals surface area contributed by atoms with E-state index in [-0.39, 0.29) is 0 Å². The van der Waals surface area contributed by atoms with Gasteiger partial charge in [-0.2, -0.15) is 0 Å². The number of piperidine rings is 1. The smallest absolute Gasteiger partial charge is 0.0737 e. The largest absolute Gasteiger partial charge is 0.384 e. The molecule has 1 aliphatic heterocycles. The molecule has 1 atom stereocenters. The van der Waals surface area contributed by atoms with Crippen LogP contribution in [-0.2, 0) is 0 Å². The van der Waals surface area contributed by atoms with Crippen molar-refractivity contribution < 1.29 is 0 Å². The first kappa shape index (κ1) is 13.7. The van der Waals surface area contributed by atoms with E-state index >= 15 is 0 Å². The highest BCUT2D eigenvalue weighted by Gasteiger charge is 2.12. The molecule has 106 valence electrons. The number of hydrogen-bond donors (Lipinski definition) is 2. The Morgan fingerprint density at radius 2 is 2.30 bits per heavy atom. The van der Waals surface area contributed by atoms with Crippen LogP contribution in [0, 0.1) is 5.92 Å². The Labute approximate surface area is 124 Å². The van der Waals surface area contributed by atoms with Crippen molar-refractivity contribution in [2.24, 2.45) is 5.92 Å². The molecule has 1 fully saturated rings. The molecule has 2 N–H and O–H groups in total. The number of pyridine rings is 1. The van der Waals surface area contributed by atoms with Gasteiger partial charge in [0.25, 0.3) is 0 Å². The third-order valence-electron chi connectivity index (χ3n) is 3.97. The van der Waals surface area contributed by atoms with E-state index in [0.29, 0.717) is 0 Å². The summed E-state index contributed by atoms with van der Waals surface area (Å²) < 4.78 is 0. The molecule has 0 amide bonds. The number of anilines is 1. The topological polar surface area (TPSA) is 37.0 Å². The van der Waals surface area contributed by atoms with Gasteiger partial charge in [-0.3, -0.25) is 4.98 Å². The quantitative estimate of drug-likeness (QED) is 0.901. The summed E-state index contributed by atoms with van der Waals surface area (Å²) in [5, 5.41) is 8.88. The van der Waals surface area contributed by atoms with Gasteiger partial charge in [0, 0.05) is 28.8 Å². The molecule has 0 radical (unpaired) electrons. The molecule has 4 heteroatoms. The summed E-state index contributed by atoms with van der Waals surface area (Å²) in [4.78, 5) is 4.37. The van der Waals surface area contributed by atoms with Gasteiger partial charge in [0.15, 0.2) is 0 Å². The second-order valence-corrected chi connectivity index (χ2v) is 5.88. The second-order valence-electron chi connectivity index (χ2n) is 5.45. The van der Waals surface area contributed by atoms with E-state index in [4.69, 9.17) is 11.6 Å². The first-order valence-corrected chi connectivity index (χ1v) is 7.69. The van der Waals surface area contributed by atoms with Crippen LogP contribution in [0.15, 0.2) is 30.5 Å². The second kappa shape index (κ2) is 6.42. The minimum Gasteiger partial charge on any atom is -0.384 e. The molecule has 2 heterocycles. The van der Waals surface area contributed by atoms with Crippen LogP contribution in [-0.4, -0.2) is 24.6 Å². The van der Waals surface area contributed by atoms with E-state index in [1.807, 2.05) is 30.5 Å². The Morgan fingerprint density at radius 1 is 1.35 bits per heavy atom. The molecule has 0 spiro atoms. The molecule has 0 aliphatic carbocycles. The van der Waals surface area contributed by atoms with Crippen LogP contribution in [0.3, 0.4) is 0 Å². The van der Waals surface area contributed by atoms with Gasteiger partial charge < -0.3 is 10.6 Å². The molecule has 0 bridgehead atoms. The van der Waals surface area contributed by atoms with E-state index < -0.39 is 0 Å². The maximum atomic E-state index is 6.01. The molecular formula is C16H20ClN3. The van der Waals surface area contributed by atoms with Crippen molar-refractivity contribution in [3.05, 3.63) is 35.5 Å². The maximum Gasteiger partial charge on any atom is 0.0737 e. The normalized spacial score (nSPS) is 19.1. The fraction of sp³-hybridized carbons (Fsp3) is 0.438. The number of aromatic nitrogens is 1. The third-order valence-corrected chi connectivity index (χ3v) is 4.21. The number of nitrogens with zero attached hydrogens (tertiary/aromatic N) is 1. The van der Waals surface area contributed by atoms with Gasteiger partial charge in [0.2, 0.25) is 0 Å². The number of halogens is 1. The number of fused-ring (bicyclic) bond motifs is 1. The van der Waals surface area contributed by atoms with E-state index in [0.717, 1.165) is 40.6 Å². The summed E-state index contributed by atoms with van der Waals surface area (Å²) >= 11 is 6.01. The van der Waals surface area contributed by atoms with Crippen LogP contribution >= 0.6 is 11.6 Å². The number of rotatable bonds is 4. The standard InChI is InChI=1S/C16H20ClN3/c17-13-3-4-14-15(6-9-20-16(14)10-13)19-8-5-12-2-1-7-18-11-12/h3-4,6,9-10,12,18H,1-2,5,7-8,11H2,(H,19,20). The summed E-state index contributed by atoms with van der Waals surface area (Å²) in [5.41, 5.74) is 2.09. The zero-order chi connectivity index (χ0) is 13.8. The van der Waals surface area contributed by atoms with Crippen molar-refractivity contribution in [2.75, 3.05) is 25.0 Å². The predicted molar refractivity (Wildman–Crippen MR) is 85.5 cm³/mol. The van der Waals surface area contributed by atoms with Crippen LogP contribution in [0.4, 0.5) is 5.69 Å². The van der Waals surface area contributed by atoms with Gasteiger partial charge in [-0.1, -0.05) is 11.6 Å². The van der Waals surface area contributed by atoms with Crippen molar-refractivity contribution in [3.63, 3.8) is 0 Å². The van der Waals surface area contributed by atoms with Crippen LogP contribution in [0.25, 0.3) is 10.9 Å². The molecule has 3 rings (SSSR count). The molecular weight excluding hydrogens is 270 g/mol. The Morgan fingerprint density at radius 3 is 3.15 bits per heavy atom. The van der Waals surface area contributed by atoms with Crippen molar-refractivity contribution >= 4 is 28.2 Å². The number of nitrogens with one attached hydrogen (secondary N) is 2. The van der Waals surface area contributed by atoms with Gasteiger partial charge >= 0.3 is 0 Å². The zero-order valence-corrected chi connectivity index (χ0v) is 12.3. The first-order valence-electron chi connectivity index (χ1n) is 7.32. The summed E-state index contributed by atoms with van der Waals surface area (Å²) in [6.07, 6.45) is 5.70. The third kappa shape index (κ3) is 3.22. The van der Waals surface area contributed by atoms with Gasteiger partial charge in [-0.05, 0) is 62.5 Å². The molecule has 1 aliphatic rings. The minimum absolute atomic E-state index is 0.732. The molecule has 3 nitrogen and oxygen atoms in total. The van der Waals surface area contributed by atoms with Gasteiger partial charge in [-0.25, -0.2) is 0 Å². The summed E-state index contributed by atoms with van der Waals surface area (Å²) in [6, 6.07) is 7.90. The monoisotopic (exact) mass is 289 g/mol. The lowest BCUT2D eigenvalue weighted by atomic mass is 9.96. The highest BCUT2D eigenvalue weighted by molar-refractivity contribution is 6.31. The zero-order valence-electron chi connectivity index (χ0n) is 11.5. The number of benzene rings is 1. The van der Waals surface area contributed by atoms with Crippen LogP contribution in [0.2, 0.25) is 5.02 Å². The number of hydrogen-bond acceptors (Lipinski definition) is 3. The molecule has 2 aromatic rings. The highest BCUT2D eigenvalue weighted by atomic mass is 35.5. The average Bonchev–Trinajstić information content (AvgIpc) is 2.48. The highest BCUT2D eigenvalue weighted by Crippen LogP contribution is 2.24. The summed E-state index contributed by atoms with van der Waals surface area (Å²) in [7, 11) is 0. The van der Waals surface area contributed by atoms with Crippen molar-refractivity contribution in [1.82, 2.24) is 10.3 Å². The Hall–Kier alpha value is -1.32. The Bertz CT molecular complexity index is 579. The minimum atomic E-state index is 0.732. The van der Waals surface area contributed by atoms with Crippen molar-refractivity contribution in [1.29, 1.82) is 0 Å². The van der Waals surface area contributed by atoms with Gasteiger partial charge in [-0.15, -0.1) is 0 Å². The van der Waals surface area contributed by atoms with Gasteiger partial charge in [0.05, 0.1) is 5.52 Å². The molecule has 20 heavy (non-hydrogen) atoms. The Kier molecular flexibility index (Phi) is 4.38. The van der Waals surface area contributed by atoms with E-state index in [1.165, 1.54) is 25.8 Å². The SMILES string of the molecule is Clc1ccc2c(NCCC3CCCNC3)ccnc2c1. The van der Waals surface area contributed by atoms with E-state index in [9.17, 15) is 0 Å². The summed E-state index contributed by atoms with van der Waals surface area (Å²) in [5.74, 6) is 0.804. The fourth-order valence-corrected chi connectivity index (χ4v) is 3.02. The average molecular weight is 290 g/mol. The lowest BCUT2D eigenvalue weighted by Gasteiger charge is -2.23. The van der Waals surface area contributed by atoms with E-state index in [1.54, 1.807) is 0 Å². The van der Waals surface area contributed by atoms with Crippen molar-refractivity contribution in [3.8, 4) is 0 Å². The van der Waals surface area contributed by atoms with Crippen LogP contribution in [0.1, 0.15) is 19.3 Å². The Balaban J connectivity index is 1.65. The van der Waals surface area contributed by atoms with E-state index in [2.05, 4.69) is 15.6 Å². The van der Waals surface area contributed by atoms with Gasteiger partial charge in [0.1, 0.15) is 0 Å². The molecule has 1 unspecified atom stereocenters. The lowest BCUT2D eigenvalue weighted by Crippen LogP contribution is -2.30.